The van der Waals surface area contributed by atoms with Crippen molar-refractivity contribution in [1.82, 2.24) is 5.32 Å². The van der Waals surface area contributed by atoms with Gasteiger partial charge in [0, 0.05) is 12.2 Å². The first kappa shape index (κ1) is 18.6. The smallest absolute Gasteiger partial charge is 0.331 e. The summed E-state index contributed by atoms with van der Waals surface area (Å²) in [5, 5.41) is 2.23. The van der Waals surface area contributed by atoms with Crippen molar-refractivity contribution in [3.63, 3.8) is 0 Å². The standard InChI is InChI=1S/C13H19NO7/c1-13(2,3)21-12(18)7-14-9(15)8-20-11(17)6-5-10(16)19-4/h5-6H,7-8H2,1-4H3,(H,14,15)/b6-5+. The third-order valence-corrected chi connectivity index (χ3v) is 1.75. The Morgan fingerprint density at radius 2 is 1.62 bits per heavy atom. The van der Waals surface area contributed by atoms with E-state index < -0.39 is 36.0 Å². The van der Waals surface area contributed by atoms with Crippen LogP contribution in [0.15, 0.2) is 12.2 Å². The van der Waals surface area contributed by atoms with E-state index >= 15 is 0 Å². The number of esters is 3. The molecule has 0 radical (unpaired) electrons. The van der Waals surface area contributed by atoms with Crippen LogP contribution in [0.4, 0.5) is 0 Å². The molecule has 0 aliphatic carbocycles. The largest absolute Gasteiger partial charge is 0.466 e. The molecule has 0 aliphatic rings. The van der Waals surface area contributed by atoms with Gasteiger partial charge in [-0.15, -0.1) is 0 Å². The highest BCUT2D eigenvalue weighted by molar-refractivity contribution is 5.92. The minimum absolute atomic E-state index is 0.328. The summed E-state index contributed by atoms with van der Waals surface area (Å²) in [7, 11) is 1.15. The number of carbonyl (C=O) groups excluding carboxylic acids is 4. The summed E-state index contributed by atoms with van der Waals surface area (Å²) in [5.74, 6) is -2.87. The molecule has 0 saturated heterocycles. The molecule has 21 heavy (non-hydrogen) atoms. The van der Waals surface area contributed by atoms with Gasteiger partial charge in [0.1, 0.15) is 12.1 Å². The topological polar surface area (TPSA) is 108 Å². The van der Waals surface area contributed by atoms with Crippen LogP contribution in [0.5, 0.6) is 0 Å². The molecule has 0 bridgehead atoms. The SMILES string of the molecule is COC(=O)/C=C/C(=O)OCC(=O)NCC(=O)OC(C)(C)C. The first-order valence-electron chi connectivity index (χ1n) is 6.05. The number of rotatable bonds is 6. The van der Waals surface area contributed by atoms with Crippen LogP contribution < -0.4 is 5.32 Å². The Labute approximate surface area is 122 Å². The van der Waals surface area contributed by atoms with E-state index in [0.29, 0.717) is 0 Å². The van der Waals surface area contributed by atoms with Gasteiger partial charge in [-0.1, -0.05) is 0 Å². The summed E-state index contributed by atoms with van der Waals surface area (Å²) >= 11 is 0. The molecule has 0 atom stereocenters. The quantitative estimate of drug-likeness (QED) is 0.408. The molecule has 118 valence electrons. The molecule has 0 aliphatic heterocycles. The number of hydrogen-bond donors (Lipinski definition) is 1. The fourth-order valence-electron chi connectivity index (χ4n) is 0.988. The number of methoxy groups -OCH3 is 1. The molecule has 0 saturated carbocycles. The Balaban J connectivity index is 3.96. The number of hydrogen-bond acceptors (Lipinski definition) is 7. The van der Waals surface area contributed by atoms with Crippen molar-refractivity contribution in [1.29, 1.82) is 0 Å². The number of ether oxygens (including phenoxy) is 3. The molecule has 8 nitrogen and oxygen atoms in total. The van der Waals surface area contributed by atoms with E-state index in [9.17, 15) is 19.2 Å². The molecule has 0 aromatic rings. The van der Waals surface area contributed by atoms with Crippen molar-refractivity contribution < 1.29 is 33.4 Å². The molecular formula is C13H19NO7. The van der Waals surface area contributed by atoms with Gasteiger partial charge >= 0.3 is 17.9 Å². The third kappa shape index (κ3) is 11.2. The van der Waals surface area contributed by atoms with Gasteiger partial charge < -0.3 is 19.5 Å². The zero-order valence-electron chi connectivity index (χ0n) is 12.4. The minimum Gasteiger partial charge on any atom is -0.466 e. The van der Waals surface area contributed by atoms with Crippen LogP contribution in [0.1, 0.15) is 20.8 Å². The van der Waals surface area contributed by atoms with Crippen molar-refractivity contribution >= 4 is 23.8 Å². The predicted octanol–water partition coefficient (Wildman–Crippen LogP) is -0.283. The van der Waals surface area contributed by atoms with E-state index in [4.69, 9.17) is 4.74 Å². The second-order valence-electron chi connectivity index (χ2n) is 4.83. The van der Waals surface area contributed by atoms with Crippen LogP contribution in [0, 0.1) is 0 Å². The maximum atomic E-state index is 11.3. The molecule has 0 spiro atoms. The lowest BCUT2D eigenvalue weighted by atomic mass is 10.2. The summed E-state index contributed by atoms with van der Waals surface area (Å²) in [6.45, 7) is 4.19. The highest BCUT2D eigenvalue weighted by atomic mass is 16.6. The van der Waals surface area contributed by atoms with Gasteiger partial charge in [0.05, 0.1) is 7.11 Å². The van der Waals surface area contributed by atoms with Crippen LogP contribution in [-0.4, -0.2) is 49.7 Å². The molecule has 1 amide bonds. The second kappa shape index (κ2) is 8.72. The second-order valence-corrected chi connectivity index (χ2v) is 4.83. The Morgan fingerprint density at radius 1 is 1.05 bits per heavy atom. The summed E-state index contributed by atoms with van der Waals surface area (Å²) in [5.41, 5.74) is -0.646. The van der Waals surface area contributed by atoms with Gasteiger partial charge in [0.15, 0.2) is 6.61 Å². The van der Waals surface area contributed by atoms with Gasteiger partial charge in [-0.25, -0.2) is 9.59 Å². The van der Waals surface area contributed by atoms with E-state index in [1.54, 1.807) is 20.8 Å². The minimum atomic E-state index is -0.882. The molecular weight excluding hydrogens is 282 g/mol. The Hall–Kier alpha value is -2.38. The summed E-state index contributed by atoms with van der Waals surface area (Å²) in [6.07, 6.45) is 1.69. The molecule has 8 heteroatoms. The first-order valence-corrected chi connectivity index (χ1v) is 6.05. The van der Waals surface area contributed by atoms with Gasteiger partial charge in [-0.3, -0.25) is 9.59 Å². The lowest BCUT2D eigenvalue weighted by molar-refractivity contribution is -0.155. The van der Waals surface area contributed by atoms with Crippen LogP contribution in [0.3, 0.4) is 0 Å². The Kier molecular flexibility index (Phi) is 7.74. The number of nitrogens with one attached hydrogen (secondary N) is 1. The van der Waals surface area contributed by atoms with Gasteiger partial charge in [-0.05, 0) is 20.8 Å². The van der Waals surface area contributed by atoms with Crippen LogP contribution >= 0.6 is 0 Å². The fraction of sp³-hybridized carbons (Fsp3) is 0.538. The van der Waals surface area contributed by atoms with E-state index in [-0.39, 0.29) is 6.54 Å². The van der Waals surface area contributed by atoms with Crippen LogP contribution in [-0.2, 0) is 33.4 Å². The number of amides is 1. The van der Waals surface area contributed by atoms with Crippen molar-refractivity contribution in [2.45, 2.75) is 26.4 Å². The van der Waals surface area contributed by atoms with Gasteiger partial charge in [0.25, 0.3) is 5.91 Å². The van der Waals surface area contributed by atoms with Crippen molar-refractivity contribution in [3.05, 3.63) is 12.2 Å². The van der Waals surface area contributed by atoms with Crippen molar-refractivity contribution in [2.24, 2.45) is 0 Å². The molecule has 0 aromatic carbocycles. The van der Waals surface area contributed by atoms with Crippen molar-refractivity contribution in [3.8, 4) is 0 Å². The molecule has 0 fully saturated rings. The molecule has 0 unspecified atom stereocenters. The Bertz CT molecular complexity index is 434. The summed E-state index contributed by atoms with van der Waals surface area (Å²) in [6, 6.07) is 0. The zero-order chi connectivity index (χ0) is 16.5. The van der Waals surface area contributed by atoms with E-state index in [0.717, 1.165) is 19.3 Å². The third-order valence-electron chi connectivity index (χ3n) is 1.75. The summed E-state index contributed by atoms with van der Waals surface area (Å²) < 4.78 is 13.8. The molecule has 1 N–H and O–H groups in total. The van der Waals surface area contributed by atoms with Crippen LogP contribution in [0.2, 0.25) is 0 Å². The van der Waals surface area contributed by atoms with Crippen LogP contribution in [0.25, 0.3) is 0 Å². The lowest BCUT2D eigenvalue weighted by Crippen LogP contribution is -2.36. The highest BCUT2D eigenvalue weighted by Crippen LogP contribution is 2.06. The lowest BCUT2D eigenvalue weighted by Gasteiger charge is -2.19. The van der Waals surface area contributed by atoms with E-state index in [1.807, 2.05) is 0 Å². The normalized spacial score (nSPS) is 10.9. The maximum absolute atomic E-state index is 11.3. The maximum Gasteiger partial charge on any atom is 0.331 e. The fourth-order valence-corrected chi connectivity index (χ4v) is 0.988. The van der Waals surface area contributed by atoms with E-state index in [2.05, 4.69) is 14.8 Å². The zero-order valence-corrected chi connectivity index (χ0v) is 12.4. The first-order chi connectivity index (χ1) is 9.64. The van der Waals surface area contributed by atoms with Crippen molar-refractivity contribution in [2.75, 3.05) is 20.3 Å². The van der Waals surface area contributed by atoms with Gasteiger partial charge in [-0.2, -0.15) is 0 Å². The average Bonchev–Trinajstić information content (AvgIpc) is 2.38. The Morgan fingerprint density at radius 3 is 2.14 bits per heavy atom. The molecule has 0 rings (SSSR count). The molecule has 0 aromatic heterocycles. The average molecular weight is 301 g/mol. The van der Waals surface area contributed by atoms with E-state index in [1.165, 1.54) is 0 Å². The summed E-state index contributed by atoms with van der Waals surface area (Å²) in [4.78, 5) is 44.4. The predicted molar refractivity (Wildman–Crippen MR) is 71.0 cm³/mol. The van der Waals surface area contributed by atoms with Gasteiger partial charge in [0.2, 0.25) is 0 Å². The number of carbonyl (C=O) groups is 4. The highest BCUT2D eigenvalue weighted by Gasteiger charge is 2.16. The molecule has 0 heterocycles. The monoisotopic (exact) mass is 301 g/mol.